The van der Waals surface area contributed by atoms with Gasteiger partial charge in [0.25, 0.3) is 0 Å². The van der Waals surface area contributed by atoms with Crippen molar-refractivity contribution in [1.29, 1.82) is 0 Å². The third kappa shape index (κ3) is 5.16. The number of aromatic amines is 1. The molecule has 0 bridgehead atoms. The number of hydrogen-bond acceptors (Lipinski definition) is 5. The lowest BCUT2D eigenvalue weighted by Crippen LogP contribution is -2.52. The summed E-state index contributed by atoms with van der Waals surface area (Å²) in [5, 5.41) is 2.32. The van der Waals surface area contributed by atoms with Crippen LogP contribution in [0.3, 0.4) is 0 Å². The number of benzene rings is 1. The van der Waals surface area contributed by atoms with Crippen molar-refractivity contribution in [3.63, 3.8) is 0 Å². The van der Waals surface area contributed by atoms with Gasteiger partial charge < -0.3 is 14.6 Å². The molecule has 0 saturated carbocycles. The van der Waals surface area contributed by atoms with Crippen LogP contribution >= 0.6 is 11.3 Å². The molecule has 0 spiro atoms. The second-order valence-corrected chi connectivity index (χ2v) is 13.2. The molecule has 2 atom stereocenters. The molecule has 5 rings (SSSR count). The predicted octanol–water partition coefficient (Wildman–Crippen LogP) is 6.12. The van der Waals surface area contributed by atoms with Crippen molar-refractivity contribution in [3.05, 3.63) is 51.6 Å². The molecule has 4 heterocycles. The second kappa shape index (κ2) is 9.14. The predicted molar refractivity (Wildman–Crippen MR) is 142 cm³/mol. The van der Waals surface area contributed by atoms with Crippen LogP contribution in [-0.4, -0.2) is 62.8 Å². The number of amides is 1. The summed E-state index contributed by atoms with van der Waals surface area (Å²) in [6, 6.07) is 8.57. The van der Waals surface area contributed by atoms with Crippen molar-refractivity contribution in [2.24, 2.45) is 5.92 Å². The first kappa shape index (κ1) is 25.2. The number of halogens is 1. The summed E-state index contributed by atoms with van der Waals surface area (Å²) in [5.74, 6) is 0.381. The van der Waals surface area contributed by atoms with E-state index in [-0.39, 0.29) is 18.2 Å². The summed E-state index contributed by atoms with van der Waals surface area (Å²) < 4.78 is 20.4. The average molecular weight is 513 g/mol. The number of fused-ring (bicyclic) bond motifs is 3. The van der Waals surface area contributed by atoms with Crippen LogP contribution in [-0.2, 0) is 17.6 Å². The summed E-state index contributed by atoms with van der Waals surface area (Å²) in [6.45, 7) is 12.9. The number of carbonyl (C=O) groups excluding carboxylic acids is 1. The van der Waals surface area contributed by atoms with Gasteiger partial charge >= 0.3 is 6.09 Å². The lowest BCUT2D eigenvalue weighted by molar-refractivity contribution is -0.000889. The zero-order chi connectivity index (χ0) is 25.8. The molecule has 8 heteroatoms. The molecule has 194 valence electrons. The van der Waals surface area contributed by atoms with Crippen LogP contribution in [0, 0.1) is 5.92 Å². The number of likely N-dealkylation sites (tertiary alicyclic amines) is 1. The number of para-hydroxylation sites is 1. The summed E-state index contributed by atoms with van der Waals surface area (Å²) in [7, 11) is 0. The number of rotatable bonds is 5. The Labute approximate surface area is 216 Å². The second-order valence-electron chi connectivity index (χ2n) is 12.0. The van der Waals surface area contributed by atoms with Gasteiger partial charge in [0, 0.05) is 65.7 Å². The van der Waals surface area contributed by atoms with Crippen LogP contribution in [0.4, 0.5) is 9.18 Å². The van der Waals surface area contributed by atoms with Gasteiger partial charge in [0.2, 0.25) is 0 Å². The fraction of sp³-hybridized carbons (Fsp3) is 0.571. The van der Waals surface area contributed by atoms with Crippen molar-refractivity contribution < 1.29 is 13.9 Å². The summed E-state index contributed by atoms with van der Waals surface area (Å²) in [6.07, 6.45) is 3.45. The number of alkyl halides is 1. The molecule has 1 saturated heterocycles. The van der Waals surface area contributed by atoms with E-state index in [1.807, 2.05) is 27.0 Å². The van der Waals surface area contributed by atoms with Crippen LogP contribution in [0.2, 0.25) is 0 Å². The van der Waals surface area contributed by atoms with E-state index in [1.165, 1.54) is 10.9 Å². The normalized spacial score (nSPS) is 21.5. The molecule has 1 N–H and O–H groups in total. The molecule has 2 aromatic heterocycles. The number of hydrogen-bond donors (Lipinski definition) is 1. The summed E-state index contributed by atoms with van der Waals surface area (Å²) in [4.78, 5) is 25.9. The maximum Gasteiger partial charge on any atom is 0.410 e. The van der Waals surface area contributed by atoms with Crippen LogP contribution in [0.15, 0.2) is 30.5 Å². The van der Waals surface area contributed by atoms with Gasteiger partial charge in [0.05, 0.1) is 11.0 Å². The van der Waals surface area contributed by atoms with Crippen molar-refractivity contribution in [3.8, 4) is 0 Å². The summed E-state index contributed by atoms with van der Waals surface area (Å²) in [5.41, 5.74) is 1.83. The molecule has 3 aromatic rings. The van der Waals surface area contributed by atoms with Gasteiger partial charge in [-0.2, -0.15) is 0 Å². The summed E-state index contributed by atoms with van der Waals surface area (Å²) >= 11 is 1.71. The minimum atomic E-state index is -1.30. The smallest absolute Gasteiger partial charge is 0.410 e. The first-order valence-electron chi connectivity index (χ1n) is 12.8. The van der Waals surface area contributed by atoms with Gasteiger partial charge in [-0.15, -0.1) is 11.3 Å². The Morgan fingerprint density at radius 1 is 1.22 bits per heavy atom. The van der Waals surface area contributed by atoms with Crippen molar-refractivity contribution in [2.75, 3.05) is 19.6 Å². The van der Waals surface area contributed by atoms with Crippen molar-refractivity contribution in [2.45, 2.75) is 77.7 Å². The Kier molecular flexibility index (Phi) is 6.40. The third-order valence-electron chi connectivity index (χ3n) is 6.99. The molecule has 1 fully saturated rings. The molecule has 1 amide bonds. The number of aromatic nitrogens is 2. The first-order chi connectivity index (χ1) is 16.9. The lowest BCUT2D eigenvalue weighted by atomic mass is 9.90. The number of H-pyrrole nitrogens is 1. The highest BCUT2D eigenvalue weighted by Gasteiger charge is 2.40. The lowest BCUT2D eigenvalue weighted by Gasteiger charge is -2.42. The molecule has 1 aromatic carbocycles. The Bertz CT molecular complexity index is 1250. The number of nitrogens with zero attached hydrogens (tertiary/aromatic N) is 3. The van der Waals surface area contributed by atoms with Gasteiger partial charge in [-0.25, -0.2) is 14.2 Å². The minimum absolute atomic E-state index is 0.0583. The van der Waals surface area contributed by atoms with E-state index in [9.17, 15) is 9.18 Å². The molecule has 0 unspecified atom stereocenters. The molecule has 2 aliphatic rings. The monoisotopic (exact) mass is 512 g/mol. The van der Waals surface area contributed by atoms with E-state index >= 15 is 0 Å². The topological polar surface area (TPSA) is 61.5 Å². The number of nitrogens with one attached hydrogen (secondary N) is 1. The maximum absolute atomic E-state index is 14.9. The third-order valence-corrected chi connectivity index (χ3v) is 8.06. The van der Waals surface area contributed by atoms with E-state index in [4.69, 9.17) is 9.72 Å². The Balaban J connectivity index is 1.37. The first-order valence-corrected chi connectivity index (χ1v) is 13.7. The van der Waals surface area contributed by atoms with Crippen LogP contribution < -0.4 is 0 Å². The van der Waals surface area contributed by atoms with Crippen LogP contribution in [0.5, 0.6) is 0 Å². The molecular formula is C28H37FN4O2S. The van der Waals surface area contributed by atoms with Gasteiger partial charge in [-0.1, -0.05) is 18.2 Å². The van der Waals surface area contributed by atoms with Gasteiger partial charge in [0.1, 0.15) is 11.3 Å². The minimum Gasteiger partial charge on any atom is -0.444 e. The van der Waals surface area contributed by atoms with E-state index < -0.39 is 11.3 Å². The molecular weight excluding hydrogens is 475 g/mol. The van der Waals surface area contributed by atoms with Crippen molar-refractivity contribution >= 4 is 28.3 Å². The SMILES string of the molecule is C[C@@H]1Cc2c([nH]c3ccccc23)[C@@H](c2cnc(CC3CN(C(=O)OC(C)(C)C)C3)s2)N1CC(C)(C)F. The highest BCUT2D eigenvalue weighted by Crippen LogP contribution is 2.43. The molecule has 6 nitrogen and oxygen atoms in total. The Morgan fingerprint density at radius 2 is 1.94 bits per heavy atom. The van der Waals surface area contributed by atoms with Crippen LogP contribution in [0.1, 0.15) is 68.7 Å². The highest BCUT2D eigenvalue weighted by molar-refractivity contribution is 7.11. The highest BCUT2D eigenvalue weighted by atomic mass is 32.1. The quantitative estimate of drug-likeness (QED) is 0.448. The largest absolute Gasteiger partial charge is 0.444 e. The van der Waals surface area contributed by atoms with Crippen LogP contribution in [0.25, 0.3) is 10.9 Å². The average Bonchev–Trinajstić information content (AvgIpc) is 3.33. The van der Waals surface area contributed by atoms with E-state index in [0.29, 0.717) is 25.6 Å². The Hall–Kier alpha value is -2.45. The number of carbonyl (C=O) groups is 1. The molecule has 36 heavy (non-hydrogen) atoms. The molecule has 0 aliphatic carbocycles. The zero-order valence-electron chi connectivity index (χ0n) is 22.1. The van der Waals surface area contributed by atoms with Gasteiger partial charge in [0.15, 0.2) is 0 Å². The van der Waals surface area contributed by atoms with E-state index in [1.54, 1.807) is 30.1 Å². The zero-order valence-corrected chi connectivity index (χ0v) is 22.9. The van der Waals surface area contributed by atoms with Gasteiger partial charge in [-0.05, 0) is 59.6 Å². The number of thiazole rings is 1. The molecule has 0 radical (unpaired) electrons. The maximum atomic E-state index is 14.9. The fourth-order valence-corrected chi connectivity index (χ4v) is 6.63. The standard InChI is InChI=1S/C28H37FN4O2S/c1-17-11-20-19-9-7-8-10-21(19)31-24(20)25(33(17)16-28(5,6)29)22-13-30-23(36-22)12-18-14-32(15-18)26(34)35-27(2,3)4/h7-10,13,17-18,25,31H,11-12,14-16H2,1-6H3/t17-,25-/m1/s1. The Morgan fingerprint density at radius 3 is 2.64 bits per heavy atom. The number of ether oxygens (including phenoxy) is 1. The fourth-order valence-electron chi connectivity index (χ4n) is 5.46. The van der Waals surface area contributed by atoms with E-state index in [0.717, 1.165) is 33.9 Å². The van der Waals surface area contributed by atoms with Crippen molar-refractivity contribution in [1.82, 2.24) is 19.8 Å². The van der Waals surface area contributed by atoms with Gasteiger partial charge in [-0.3, -0.25) is 4.90 Å². The molecule has 2 aliphatic heterocycles. The van der Waals surface area contributed by atoms with E-state index in [2.05, 4.69) is 41.1 Å².